The van der Waals surface area contributed by atoms with Crippen LogP contribution in [0.1, 0.15) is 38.5 Å². The summed E-state index contributed by atoms with van der Waals surface area (Å²) in [5.74, 6) is -0.355. The van der Waals surface area contributed by atoms with Gasteiger partial charge >= 0.3 is 5.97 Å². The fourth-order valence-corrected chi connectivity index (χ4v) is 6.36. The lowest BCUT2D eigenvalue weighted by Crippen LogP contribution is -2.56. The summed E-state index contributed by atoms with van der Waals surface area (Å²) >= 11 is 12.6. The average Bonchev–Trinajstić information content (AvgIpc) is 2.53. The molecule has 4 bridgehead atoms. The number of benzene rings is 1. The molecule has 4 aliphatic rings. The number of hydrogen-bond acceptors (Lipinski definition) is 3. The van der Waals surface area contributed by atoms with Crippen molar-refractivity contribution in [2.45, 2.75) is 43.4 Å². The maximum Gasteiger partial charge on any atom is 0.312 e. The largest absolute Gasteiger partial charge is 0.455 e. The van der Waals surface area contributed by atoms with Crippen LogP contribution in [0.4, 0.5) is 10.1 Å². The molecule has 0 heterocycles. The van der Waals surface area contributed by atoms with Gasteiger partial charge in [0.05, 0.1) is 16.1 Å². The van der Waals surface area contributed by atoms with Gasteiger partial charge in [0, 0.05) is 4.87 Å². The normalized spacial score (nSPS) is 34.6. The molecule has 1 aromatic rings. The fraction of sp³-hybridized carbons (Fsp3) is 0.579. The van der Waals surface area contributed by atoms with E-state index in [9.17, 15) is 14.0 Å². The number of alkyl halides is 1. The van der Waals surface area contributed by atoms with Crippen molar-refractivity contribution in [2.24, 2.45) is 17.3 Å². The summed E-state index contributed by atoms with van der Waals surface area (Å²) < 4.78 is 18.4. The molecule has 7 heteroatoms. The van der Waals surface area contributed by atoms with Crippen molar-refractivity contribution in [3.05, 3.63) is 29.0 Å². The van der Waals surface area contributed by atoms with Crippen molar-refractivity contribution < 1.29 is 18.7 Å². The Balaban J connectivity index is 1.37. The molecule has 4 nitrogen and oxygen atoms in total. The molecule has 1 N–H and O–H groups in total. The number of esters is 1. The summed E-state index contributed by atoms with van der Waals surface area (Å²) in [6.45, 7) is -0.390. The van der Waals surface area contributed by atoms with E-state index in [0.717, 1.165) is 38.2 Å². The van der Waals surface area contributed by atoms with Gasteiger partial charge in [0.1, 0.15) is 5.82 Å². The van der Waals surface area contributed by atoms with E-state index in [2.05, 4.69) is 5.32 Å². The smallest absolute Gasteiger partial charge is 0.312 e. The molecule has 1 amide bonds. The highest BCUT2D eigenvalue weighted by atomic mass is 35.5. The van der Waals surface area contributed by atoms with E-state index in [0.29, 0.717) is 18.3 Å². The Bertz CT molecular complexity index is 755. The van der Waals surface area contributed by atoms with Gasteiger partial charge in [-0.3, -0.25) is 9.59 Å². The first kappa shape index (κ1) is 18.1. The molecule has 4 saturated carbocycles. The van der Waals surface area contributed by atoms with Crippen molar-refractivity contribution in [2.75, 3.05) is 11.9 Å². The van der Waals surface area contributed by atoms with E-state index >= 15 is 0 Å². The summed E-state index contributed by atoms with van der Waals surface area (Å²) in [6, 6.07) is 3.68. The first-order chi connectivity index (χ1) is 12.3. The quantitative estimate of drug-likeness (QED) is 0.597. The molecule has 0 spiro atoms. The number of nitrogens with one attached hydrogen (secondary N) is 1. The highest BCUT2D eigenvalue weighted by Gasteiger charge is 2.60. The third-order valence-electron chi connectivity index (χ3n) is 5.96. The molecule has 140 valence electrons. The van der Waals surface area contributed by atoms with Crippen LogP contribution in [0.25, 0.3) is 0 Å². The zero-order valence-electron chi connectivity index (χ0n) is 14.2. The molecule has 0 radical (unpaired) electrons. The van der Waals surface area contributed by atoms with Crippen LogP contribution in [0.15, 0.2) is 18.2 Å². The van der Waals surface area contributed by atoms with Crippen molar-refractivity contribution in [3.63, 3.8) is 0 Å². The first-order valence-corrected chi connectivity index (χ1v) is 9.64. The van der Waals surface area contributed by atoms with Gasteiger partial charge in [-0.1, -0.05) is 11.6 Å². The predicted molar refractivity (Wildman–Crippen MR) is 96.7 cm³/mol. The van der Waals surface area contributed by atoms with Gasteiger partial charge in [-0.15, -0.1) is 11.6 Å². The van der Waals surface area contributed by atoms with E-state index in [1.54, 1.807) is 0 Å². The van der Waals surface area contributed by atoms with E-state index in [1.807, 2.05) is 0 Å². The maximum atomic E-state index is 13.1. The van der Waals surface area contributed by atoms with Crippen molar-refractivity contribution >= 4 is 40.8 Å². The van der Waals surface area contributed by atoms with Gasteiger partial charge in [-0.2, -0.15) is 0 Å². The monoisotopic (exact) mass is 399 g/mol. The molecule has 0 aliphatic heterocycles. The lowest BCUT2D eigenvalue weighted by molar-refractivity contribution is -0.171. The van der Waals surface area contributed by atoms with Gasteiger partial charge in [-0.25, -0.2) is 4.39 Å². The SMILES string of the molecule is O=C(COC(=O)C12C[C@@H]3C[C@@H](CC(Cl)(C3)C1)C2)Nc1ccc(F)cc1Cl. The molecule has 2 unspecified atom stereocenters. The Hall–Kier alpha value is -1.33. The molecule has 5 rings (SSSR count). The second-order valence-corrected chi connectivity index (χ2v) is 9.35. The van der Waals surface area contributed by atoms with Crippen molar-refractivity contribution in [1.82, 2.24) is 0 Å². The molecule has 4 aliphatic carbocycles. The molecule has 0 saturated heterocycles. The third kappa shape index (κ3) is 3.31. The Morgan fingerprint density at radius 2 is 1.92 bits per heavy atom. The molecule has 1 aromatic carbocycles. The number of carbonyl (C=O) groups is 2. The first-order valence-electron chi connectivity index (χ1n) is 8.88. The van der Waals surface area contributed by atoms with Crippen LogP contribution in [-0.2, 0) is 14.3 Å². The lowest BCUT2D eigenvalue weighted by atomic mass is 9.49. The Morgan fingerprint density at radius 1 is 1.23 bits per heavy atom. The number of halogens is 3. The number of anilines is 1. The maximum absolute atomic E-state index is 13.1. The van der Waals surface area contributed by atoms with Crippen molar-refractivity contribution in [3.8, 4) is 0 Å². The molecule has 4 atom stereocenters. The minimum Gasteiger partial charge on any atom is -0.455 e. The topological polar surface area (TPSA) is 55.4 Å². The zero-order chi connectivity index (χ0) is 18.5. The fourth-order valence-electron chi connectivity index (χ4n) is 5.45. The third-order valence-corrected chi connectivity index (χ3v) is 6.72. The number of rotatable bonds is 4. The van der Waals surface area contributed by atoms with Crippen LogP contribution < -0.4 is 5.32 Å². The molecule has 0 aromatic heterocycles. The van der Waals surface area contributed by atoms with Crippen LogP contribution >= 0.6 is 23.2 Å². The minimum absolute atomic E-state index is 0.0924. The van der Waals surface area contributed by atoms with Crippen LogP contribution in [0.3, 0.4) is 0 Å². The molecule has 26 heavy (non-hydrogen) atoms. The second kappa shape index (κ2) is 6.38. The van der Waals surface area contributed by atoms with Gasteiger partial charge in [0.2, 0.25) is 0 Å². The number of ether oxygens (including phenoxy) is 1. The van der Waals surface area contributed by atoms with Gasteiger partial charge in [0.25, 0.3) is 5.91 Å². The standard InChI is InChI=1S/C19H20Cl2FNO3/c20-14-4-13(22)1-2-15(14)23-16(24)9-26-17(25)18-5-11-3-12(6-18)8-19(21,7-11)10-18/h1-2,4,11-12H,3,5-10H2,(H,23,24)/t11-,12+,18?,19?. The van der Waals surface area contributed by atoms with Crippen LogP contribution in [0.2, 0.25) is 5.02 Å². The molecule has 4 fully saturated rings. The van der Waals surface area contributed by atoms with Crippen LogP contribution in [0.5, 0.6) is 0 Å². The van der Waals surface area contributed by atoms with Crippen LogP contribution in [0, 0.1) is 23.1 Å². The predicted octanol–water partition coefficient (Wildman–Crippen LogP) is 4.54. The Morgan fingerprint density at radius 3 is 2.54 bits per heavy atom. The second-order valence-electron chi connectivity index (χ2n) is 8.14. The minimum atomic E-state index is -0.542. The average molecular weight is 400 g/mol. The Kier molecular flexibility index (Phi) is 4.43. The van der Waals surface area contributed by atoms with Gasteiger partial charge in [-0.05, 0) is 68.6 Å². The summed E-state index contributed by atoms with van der Waals surface area (Å²) in [5, 5.41) is 2.63. The van der Waals surface area contributed by atoms with E-state index < -0.39 is 17.1 Å². The zero-order valence-corrected chi connectivity index (χ0v) is 15.7. The van der Waals surface area contributed by atoms with Gasteiger partial charge < -0.3 is 10.1 Å². The van der Waals surface area contributed by atoms with Crippen molar-refractivity contribution in [1.29, 1.82) is 0 Å². The summed E-state index contributed by atoms with van der Waals surface area (Å²) in [4.78, 5) is 24.6. The number of hydrogen-bond donors (Lipinski definition) is 1. The molecular formula is C19H20Cl2FNO3. The highest BCUT2D eigenvalue weighted by Crippen LogP contribution is 2.64. The van der Waals surface area contributed by atoms with Crippen LogP contribution in [-0.4, -0.2) is 23.4 Å². The summed E-state index contributed by atoms with van der Waals surface area (Å²) in [7, 11) is 0. The summed E-state index contributed by atoms with van der Waals surface area (Å²) in [5.41, 5.74) is -0.261. The van der Waals surface area contributed by atoms with Gasteiger partial charge in [0.15, 0.2) is 6.61 Å². The summed E-state index contributed by atoms with van der Waals surface area (Å²) in [6.07, 6.45) is 5.35. The van der Waals surface area contributed by atoms with E-state index in [1.165, 1.54) is 12.1 Å². The number of carbonyl (C=O) groups excluding carboxylic acids is 2. The lowest BCUT2D eigenvalue weighted by Gasteiger charge is -2.58. The Labute approximate surface area is 161 Å². The molecular weight excluding hydrogens is 380 g/mol. The van der Waals surface area contributed by atoms with E-state index in [4.69, 9.17) is 27.9 Å². The van der Waals surface area contributed by atoms with E-state index in [-0.39, 0.29) is 28.2 Å². The highest BCUT2D eigenvalue weighted by molar-refractivity contribution is 6.33. The number of amides is 1.